The topological polar surface area (TPSA) is 74.2 Å². The quantitative estimate of drug-likeness (QED) is 0.493. The summed E-state index contributed by atoms with van der Waals surface area (Å²) in [7, 11) is 0. The Bertz CT molecular complexity index is 685. The summed E-state index contributed by atoms with van der Waals surface area (Å²) >= 11 is 0. The van der Waals surface area contributed by atoms with Crippen LogP contribution < -0.4 is 0 Å². The van der Waals surface area contributed by atoms with E-state index in [0.717, 1.165) is 77.3 Å². The van der Waals surface area contributed by atoms with Crippen molar-refractivity contribution >= 4 is 6.29 Å². The van der Waals surface area contributed by atoms with E-state index < -0.39 is 6.10 Å². The number of carbonyl (C=O) groups excluding carboxylic acids is 1. The minimum atomic E-state index is -0.568. The molecule has 33 heavy (non-hydrogen) atoms. The van der Waals surface area contributed by atoms with Crippen LogP contribution in [0.25, 0.3) is 0 Å². The number of aliphatic hydroxyl groups excluding tert-OH is 1. The summed E-state index contributed by atoms with van der Waals surface area (Å²) in [6.07, 6.45) is 9.30. The molecule has 2 heterocycles. The summed E-state index contributed by atoms with van der Waals surface area (Å²) in [6, 6.07) is 10.5. The summed E-state index contributed by atoms with van der Waals surface area (Å²) < 4.78 is 24.8. The molecule has 1 N–H and O–H groups in total. The van der Waals surface area contributed by atoms with Gasteiger partial charge in [0.15, 0.2) is 12.6 Å². The van der Waals surface area contributed by atoms with Gasteiger partial charge in [-0.1, -0.05) is 30.3 Å². The van der Waals surface area contributed by atoms with Crippen LogP contribution >= 0.6 is 0 Å². The number of hydrogen-bond acceptors (Lipinski definition) is 6. The van der Waals surface area contributed by atoms with Gasteiger partial charge in [0.05, 0.1) is 18.3 Å². The average Bonchev–Trinajstić information content (AvgIpc) is 3.15. The predicted molar refractivity (Wildman–Crippen MR) is 125 cm³/mol. The molecule has 3 aliphatic rings. The second kappa shape index (κ2) is 13.0. The van der Waals surface area contributed by atoms with Crippen LogP contribution in [-0.4, -0.2) is 55.5 Å². The fourth-order valence-corrected chi connectivity index (χ4v) is 5.72. The molecule has 1 saturated carbocycles. The lowest BCUT2D eigenvalue weighted by Gasteiger charge is -2.37. The van der Waals surface area contributed by atoms with E-state index in [4.69, 9.17) is 18.9 Å². The van der Waals surface area contributed by atoms with E-state index in [1.54, 1.807) is 0 Å². The van der Waals surface area contributed by atoms with Crippen molar-refractivity contribution in [3.8, 4) is 0 Å². The Morgan fingerprint density at radius 3 is 2.42 bits per heavy atom. The second-order valence-corrected chi connectivity index (χ2v) is 9.77. The lowest BCUT2D eigenvalue weighted by molar-refractivity contribution is -0.232. The molecule has 6 heteroatoms. The average molecular weight is 461 g/mol. The monoisotopic (exact) mass is 460 g/mol. The van der Waals surface area contributed by atoms with Gasteiger partial charge < -0.3 is 28.8 Å². The van der Waals surface area contributed by atoms with Crippen molar-refractivity contribution in [2.24, 2.45) is 11.8 Å². The minimum Gasteiger partial charge on any atom is -0.393 e. The number of ether oxygens (including phenoxy) is 4. The fourth-order valence-electron chi connectivity index (χ4n) is 5.72. The zero-order valence-corrected chi connectivity index (χ0v) is 19.7. The van der Waals surface area contributed by atoms with Crippen molar-refractivity contribution in [3.05, 3.63) is 35.9 Å². The normalized spacial score (nSPS) is 33.6. The van der Waals surface area contributed by atoms with Gasteiger partial charge >= 0.3 is 0 Å². The highest BCUT2D eigenvalue weighted by Crippen LogP contribution is 2.42. The molecule has 4 rings (SSSR count). The van der Waals surface area contributed by atoms with Crippen molar-refractivity contribution in [2.45, 2.75) is 102 Å². The lowest BCUT2D eigenvalue weighted by Crippen LogP contribution is -2.41. The largest absolute Gasteiger partial charge is 0.393 e. The molecule has 0 bridgehead atoms. The standard InChI is InChI=1S/C27H40O6/c28-16-15-21-22(29)19-24(33-26-14-5-7-18-31-26)27(21)23(32-25-13-4-6-17-30-25)12-8-11-20-9-2-1-3-10-20/h1-3,9-10,16,21-27,29H,4-8,11-15,17-19H2/t21-,22-,23?,24+,25?,26?,27+/m0/s1. The Balaban J connectivity index is 1.48. The number of rotatable bonds is 11. The number of aldehydes is 1. The van der Waals surface area contributed by atoms with Gasteiger partial charge in [-0.15, -0.1) is 0 Å². The molecule has 1 aromatic rings. The van der Waals surface area contributed by atoms with Crippen LogP contribution in [0.4, 0.5) is 0 Å². The van der Waals surface area contributed by atoms with Crippen LogP contribution in [0.15, 0.2) is 30.3 Å². The molecule has 0 aromatic heterocycles. The second-order valence-electron chi connectivity index (χ2n) is 9.77. The number of benzene rings is 1. The van der Waals surface area contributed by atoms with Crippen LogP contribution in [0.3, 0.4) is 0 Å². The van der Waals surface area contributed by atoms with Gasteiger partial charge in [0.2, 0.25) is 0 Å². The maximum atomic E-state index is 11.5. The molecule has 3 fully saturated rings. The Hall–Kier alpha value is -1.31. The van der Waals surface area contributed by atoms with Crippen molar-refractivity contribution < 1.29 is 28.8 Å². The highest BCUT2D eigenvalue weighted by Gasteiger charge is 2.48. The Morgan fingerprint density at radius 1 is 1.03 bits per heavy atom. The van der Waals surface area contributed by atoms with E-state index >= 15 is 0 Å². The van der Waals surface area contributed by atoms with E-state index in [2.05, 4.69) is 24.3 Å². The first-order chi connectivity index (χ1) is 16.2. The lowest BCUT2D eigenvalue weighted by atomic mass is 9.84. The van der Waals surface area contributed by atoms with Gasteiger partial charge in [-0.05, 0) is 69.3 Å². The summed E-state index contributed by atoms with van der Waals surface area (Å²) in [5.74, 6) is -0.224. The smallest absolute Gasteiger partial charge is 0.157 e. The molecule has 2 aliphatic heterocycles. The number of aryl methyl sites for hydroxylation is 1. The van der Waals surface area contributed by atoms with Gasteiger partial charge in [-0.2, -0.15) is 0 Å². The van der Waals surface area contributed by atoms with Crippen LogP contribution in [0.1, 0.15) is 69.8 Å². The first-order valence-corrected chi connectivity index (χ1v) is 12.9. The van der Waals surface area contributed by atoms with E-state index in [-0.39, 0.29) is 36.6 Å². The van der Waals surface area contributed by atoms with Crippen molar-refractivity contribution in [2.75, 3.05) is 13.2 Å². The van der Waals surface area contributed by atoms with Gasteiger partial charge in [0, 0.05) is 32.0 Å². The Labute approximate surface area is 197 Å². The molecule has 3 unspecified atom stereocenters. The van der Waals surface area contributed by atoms with Gasteiger partial charge in [-0.25, -0.2) is 0 Å². The third kappa shape index (κ3) is 7.09. The molecule has 1 aromatic carbocycles. The summed E-state index contributed by atoms with van der Waals surface area (Å²) in [5, 5.41) is 10.9. The predicted octanol–water partition coefficient (Wildman–Crippen LogP) is 4.42. The minimum absolute atomic E-state index is 0.0583. The number of carbonyl (C=O) groups is 1. The molecule has 0 spiro atoms. The zero-order chi connectivity index (χ0) is 22.9. The van der Waals surface area contributed by atoms with E-state index in [9.17, 15) is 9.90 Å². The SMILES string of the molecule is O=CC[C@@H]1[C@H](C(CCCc2ccccc2)OC2CCCCO2)[C@H](OC2CCCCO2)C[C@@H]1O. The highest BCUT2D eigenvalue weighted by molar-refractivity contribution is 5.50. The molecule has 184 valence electrons. The van der Waals surface area contributed by atoms with Crippen molar-refractivity contribution in [1.82, 2.24) is 0 Å². The zero-order valence-electron chi connectivity index (χ0n) is 19.7. The third-order valence-corrected chi connectivity index (χ3v) is 7.42. The molecular weight excluding hydrogens is 420 g/mol. The maximum Gasteiger partial charge on any atom is 0.157 e. The van der Waals surface area contributed by atoms with Crippen LogP contribution in [-0.2, 0) is 30.2 Å². The van der Waals surface area contributed by atoms with E-state index in [1.807, 2.05) is 6.07 Å². The number of aliphatic hydroxyl groups is 1. The molecule has 7 atom stereocenters. The van der Waals surface area contributed by atoms with Crippen molar-refractivity contribution in [3.63, 3.8) is 0 Å². The third-order valence-electron chi connectivity index (χ3n) is 7.42. The molecule has 0 amide bonds. The highest BCUT2D eigenvalue weighted by atomic mass is 16.7. The number of hydrogen-bond donors (Lipinski definition) is 1. The van der Waals surface area contributed by atoms with Crippen molar-refractivity contribution in [1.29, 1.82) is 0 Å². The van der Waals surface area contributed by atoms with Gasteiger partial charge in [0.25, 0.3) is 0 Å². The summed E-state index contributed by atoms with van der Waals surface area (Å²) in [5.41, 5.74) is 1.31. The van der Waals surface area contributed by atoms with Crippen LogP contribution in [0.2, 0.25) is 0 Å². The first kappa shape index (κ1) is 24.8. The van der Waals surface area contributed by atoms with Crippen LogP contribution in [0, 0.1) is 11.8 Å². The molecule has 6 nitrogen and oxygen atoms in total. The van der Waals surface area contributed by atoms with E-state index in [0.29, 0.717) is 12.8 Å². The first-order valence-electron chi connectivity index (χ1n) is 12.9. The van der Waals surface area contributed by atoms with Crippen LogP contribution in [0.5, 0.6) is 0 Å². The molecule has 1 aliphatic carbocycles. The maximum absolute atomic E-state index is 11.5. The summed E-state index contributed by atoms with van der Waals surface area (Å²) in [4.78, 5) is 11.5. The molecule has 0 radical (unpaired) electrons. The van der Waals surface area contributed by atoms with Gasteiger partial charge in [0.1, 0.15) is 6.29 Å². The Kier molecular flexibility index (Phi) is 9.74. The summed E-state index contributed by atoms with van der Waals surface area (Å²) in [6.45, 7) is 1.44. The fraction of sp³-hybridized carbons (Fsp3) is 0.741. The molecular formula is C27H40O6. The Morgan fingerprint density at radius 2 is 1.76 bits per heavy atom. The van der Waals surface area contributed by atoms with Gasteiger partial charge in [-0.3, -0.25) is 0 Å². The van der Waals surface area contributed by atoms with E-state index in [1.165, 1.54) is 5.56 Å². The molecule has 2 saturated heterocycles.